The van der Waals surface area contributed by atoms with E-state index < -0.39 is 0 Å². The Morgan fingerprint density at radius 3 is 2.50 bits per heavy atom. The molecule has 0 aromatic rings. The minimum Gasteiger partial charge on any atom is -0.374 e. The second-order valence-corrected chi connectivity index (χ2v) is 5.43. The van der Waals surface area contributed by atoms with Crippen molar-refractivity contribution in [3.8, 4) is 0 Å². The van der Waals surface area contributed by atoms with Crippen LogP contribution >= 0.6 is 0 Å². The Morgan fingerprint density at radius 2 is 2.00 bits per heavy atom. The molecule has 0 saturated heterocycles. The van der Waals surface area contributed by atoms with Crippen molar-refractivity contribution in [2.45, 2.75) is 58.5 Å². The first-order valence-corrected chi connectivity index (χ1v) is 5.88. The third-order valence-electron chi connectivity index (χ3n) is 3.27. The van der Waals surface area contributed by atoms with Gasteiger partial charge in [0.25, 0.3) is 0 Å². The van der Waals surface area contributed by atoms with Crippen molar-refractivity contribution in [3.63, 3.8) is 0 Å². The van der Waals surface area contributed by atoms with E-state index in [1.165, 1.54) is 12.8 Å². The lowest BCUT2D eigenvalue weighted by Crippen LogP contribution is -2.47. The van der Waals surface area contributed by atoms with Crippen molar-refractivity contribution in [2.75, 3.05) is 13.2 Å². The Labute approximate surface area is 88.2 Å². The summed E-state index contributed by atoms with van der Waals surface area (Å²) in [5, 5.41) is 0. The maximum atomic E-state index is 5.98. The van der Waals surface area contributed by atoms with Gasteiger partial charge in [0.2, 0.25) is 0 Å². The molecule has 0 heterocycles. The van der Waals surface area contributed by atoms with Gasteiger partial charge in [-0.3, -0.25) is 0 Å². The fourth-order valence-corrected chi connectivity index (χ4v) is 2.61. The van der Waals surface area contributed by atoms with Crippen molar-refractivity contribution in [3.05, 3.63) is 0 Å². The van der Waals surface area contributed by atoms with Gasteiger partial charge in [-0.05, 0) is 31.1 Å². The van der Waals surface area contributed by atoms with E-state index >= 15 is 0 Å². The van der Waals surface area contributed by atoms with Crippen LogP contribution in [0.1, 0.15) is 52.9 Å². The van der Waals surface area contributed by atoms with Crippen LogP contribution in [0.2, 0.25) is 0 Å². The first-order chi connectivity index (χ1) is 6.54. The molecule has 0 aromatic carbocycles. The van der Waals surface area contributed by atoms with Gasteiger partial charge in [-0.25, -0.2) is 0 Å². The molecule has 14 heavy (non-hydrogen) atoms. The van der Waals surface area contributed by atoms with E-state index in [1.807, 2.05) is 0 Å². The summed E-state index contributed by atoms with van der Waals surface area (Å²) >= 11 is 0. The van der Waals surface area contributed by atoms with Crippen molar-refractivity contribution >= 4 is 0 Å². The summed E-state index contributed by atoms with van der Waals surface area (Å²) in [7, 11) is 0. The van der Waals surface area contributed by atoms with Gasteiger partial charge in [0.05, 0.1) is 5.60 Å². The molecule has 84 valence electrons. The minimum absolute atomic E-state index is 0.0161. The van der Waals surface area contributed by atoms with Crippen LogP contribution in [0.25, 0.3) is 0 Å². The molecule has 1 rings (SSSR count). The maximum Gasteiger partial charge on any atom is 0.0809 e. The molecule has 0 radical (unpaired) electrons. The lowest BCUT2D eigenvalue weighted by atomic mass is 9.69. The largest absolute Gasteiger partial charge is 0.374 e. The summed E-state index contributed by atoms with van der Waals surface area (Å²) in [6.07, 6.45) is 5.92. The van der Waals surface area contributed by atoms with Crippen LogP contribution in [0.15, 0.2) is 0 Å². The van der Waals surface area contributed by atoms with Gasteiger partial charge in [-0.15, -0.1) is 0 Å². The first kappa shape index (κ1) is 12.0. The Balaban J connectivity index is 2.58. The zero-order valence-corrected chi connectivity index (χ0v) is 9.94. The summed E-state index contributed by atoms with van der Waals surface area (Å²) in [6, 6.07) is 0. The topological polar surface area (TPSA) is 35.2 Å². The fourth-order valence-electron chi connectivity index (χ4n) is 2.61. The maximum absolute atomic E-state index is 5.98. The van der Waals surface area contributed by atoms with Gasteiger partial charge in [0, 0.05) is 13.2 Å². The van der Waals surface area contributed by atoms with Crippen LogP contribution in [0.5, 0.6) is 0 Å². The van der Waals surface area contributed by atoms with E-state index in [0.29, 0.717) is 12.0 Å². The molecule has 0 aliphatic heterocycles. The summed E-state index contributed by atoms with van der Waals surface area (Å²) in [5.41, 5.74) is 6.27. The quantitative estimate of drug-likeness (QED) is 0.755. The molecule has 1 unspecified atom stereocenters. The summed E-state index contributed by atoms with van der Waals surface area (Å²) in [5.74, 6) is 0. The van der Waals surface area contributed by atoms with Crippen molar-refractivity contribution < 1.29 is 4.74 Å². The average molecular weight is 199 g/mol. The zero-order chi connectivity index (χ0) is 10.7. The van der Waals surface area contributed by atoms with Crippen LogP contribution in [0.4, 0.5) is 0 Å². The molecule has 0 bridgehead atoms. The Bertz CT molecular complexity index is 179. The van der Waals surface area contributed by atoms with Crippen molar-refractivity contribution in [1.82, 2.24) is 0 Å². The number of hydrogen-bond acceptors (Lipinski definition) is 2. The molecule has 1 aliphatic carbocycles. The van der Waals surface area contributed by atoms with E-state index in [-0.39, 0.29) is 5.60 Å². The predicted octanol–water partition coefficient (Wildman–Crippen LogP) is 2.71. The van der Waals surface area contributed by atoms with Crippen LogP contribution in [0.3, 0.4) is 0 Å². The van der Waals surface area contributed by atoms with Gasteiger partial charge < -0.3 is 10.5 Å². The first-order valence-electron chi connectivity index (χ1n) is 5.88. The Kier molecular flexibility index (Phi) is 3.96. The standard InChI is InChI=1S/C12H25NO/c1-4-8-14-12(10-13)7-5-6-11(2,3)9-12/h4-10,13H2,1-3H3. The van der Waals surface area contributed by atoms with Crippen LogP contribution in [-0.2, 0) is 4.74 Å². The van der Waals surface area contributed by atoms with E-state index in [1.54, 1.807) is 0 Å². The Hall–Kier alpha value is -0.0800. The SMILES string of the molecule is CCCOC1(CN)CCCC(C)(C)C1. The molecular weight excluding hydrogens is 174 g/mol. The van der Waals surface area contributed by atoms with Crippen LogP contribution < -0.4 is 5.73 Å². The monoisotopic (exact) mass is 199 g/mol. The van der Waals surface area contributed by atoms with Gasteiger partial charge in [0.1, 0.15) is 0 Å². The number of hydrogen-bond donors (Lipinski definition) is 1. The Morgan fingerprint density at radius 1 is 1.29 bits per heavy atom. The van der Waals surface area contributed by atoms with Crippen molar-refractivity contribution in [1.29, 1.82) is 0 Å². The summed E-state index contributed by atoms with van der Waals surface area (Å²) in [4.78, 5) is 0. The third-order valence-corrected chi connectivity index (χ3v) is 3.27. The average Bonchev–Trinajstić information content (AvgIpc) is 2.13. The molecule has 0 amide bonds. The van der Waals surface area contributed by atoms with Gasteiger partial charge in [-0.2, -0.15) is 0 Å². The summed E-state index contributed by atoms with van der Waals surface area (Å²) < 4.78 is 5.98. The number of rotatable bonds is 4. The predicted molar refractivity (Wildman–Crippen MR) is 60.3 cm³/mol. The van der Waals surface area contributed by atoms with E-state index in [2.05, 4.69) is 20.8 Å². The van der Waals surface area contributed by atoms with Gasteiger partial charge in [0.15, 0.2) is 0 Å². The highest BCUT2D eigenvalue weighted by Crippen LogP contribution is 2.42. The number of ether oxygens (including phenoxy) is 1. The lowest BCUT2D eigenvalue weighted by molar-refractivity contribution is -0.0909. The smallest absolute Gasteiger partial charge is 0.0809 e. The normalized spacial score (nSPS) is 31.7. The minimum atomic E-state index is -0.0161. The van der Waals surface area contributed by atoms with Gasteiger partial charge in [-0.1, -0.05) is 27.2 Å². The summed E-state index contributed by atoms with van der Waals surface area (Å²) in [6.45, 7) is 8.33. The molecule has 1 saturated carbocycles. The molecule has 1 atom stereocenters. The highest BCUT2D eigenvalue weighted by Gasteiger charge is 2.39. The molecule has 2 heteroatoms. The zero-order valence-electron chi connectivity index (χ0n) is 9.94. The molecule has 2 N–H and O–H groups in total. The second kappa shape index (κ2) is 4.63. The highest BCUT2D eigenvalue weighted by molar-refractivity contribution is 4.92. The lowest BCUT2D eigenvalue weighted by Gasteiger charge is -2.44. The molecular formula is C12H25NO. The molecule has 2 nitrogen and oxygen atoms in total. The van der Waals surface area contributed by atoms with Crippen LogP contribution in [-0.4, -0.2) is 18.8 Å². The number of nitrogens with two attached hydrogens (primary N) is 1. The fraction of sp³-hybridized carbons (Fsp3) is 1.00. The highest BCUT2D eigenvalue weighted by atomic mass is 16.5. The van der Waals surface area contributed by atoms with Crippen LogP contribution in [0, 0.1) is 5.41 Å². The molecule has 1 aliphatic rings. The third kappa shape index (κ3) is 2.96. The van der Waals surface area contributed by atoms with E-state index in [9.17, 15) is 0 Å². The van der Waals surface area contributed by atoms with Gasteiger partial charge >= 0.3 is 0 Å². The second-order valence-electron chi connectivity index (χ2n) is 5.43. The molecule has 1 fully saturated rings. The van der Waals surface area contributed by atoms with E-state index in [4.69, 9.17) is 10.5 Å². The van der Waals surface area contributed by atoms with Crippen molar-refractivity contribution in [2.24, 2.45) is 11.1 Å². The van der Waals surface area contributed by atoms with E-state index in [0.717, 1.165) is 25.9 Å². The molecule has 0 aromatic heterocycles. The molecule has 0 spiro atoms.